The summed E-state index contributed by atoms with van der Waals surface area (Å²) in [5.41, 5.74) is 5.34. The molecule has 1 aliphatic heterocycles. The van der Waals surface area contributed by atoms with Gasteiger partial charge < -0.3 is 9.64 Å². The summed E-state index contributed by atoms with van der Waals surface area (Å²) in [6.07, 6.45) is 3.65. The van der Waals surface area contributed by atoms with Gasteiger partial charge in [0.2, 0.25) is 5.91 Å². The van der Waals surface area contributed by atoms with Gasteiger partial charge in [0.05, 0.1) is 29.5 Å². The molecule has 2 heterocycles. The minimum atomic E-state index is -0.269. The highest BCUT2D eigenvalue weighted by Crippen LogP contribution is 2.37. The number of hydrogen-bond donors (Lipinski definition) is 0. The maximum absolute atomic E-state index is 13.7. The van der Waals surface area contributed by atoms with Crippen LogP contribution >= 0.6 is 0 Å². The summed E-state index contributed by atoms with van der Waals surface area (Å²) in [6.45, 7) is 5.30. The van der Waals surface area contributed by atoms with Crippen LogP contribution in [0, 0.1) is 18.7 Å². The number of piperazine rings is 1. The molecule has 1 atom stereocenters. The van der Waals surface area contributed by atoms with Gasteiger partial charge in [0.25, 0.3) is 0 Å². The third-order valence-corrected chi connectivity index (χ3v) is 8.16. The molecule has 0 unspecified atom stereocenters. The number of nitrogens with zero attached hydrogens (tertiary/aromatic N) is 4. The van der Waals surface area contributed by atoms with Gasteiger partial charge in [-0.2, -0.15) is 5.10 Å². The first-order valence-electron chi connectivity index (χ1n) is 13.3. The predicted octanol–water partition coefficient (Wildman–Crippen LogP) is 5.28. The molecule has 1 aliphatic carbocycles. The lowest BCUT2D eigenvalue weighted by molar-refractivity contribution is -0.148. The van der Waals surface area contributed by atoms with E-state index in [0.29, 0.717) is 6.54 Å². The molecule has 6 rings (SSSR count). The maximum Gasteiger partial charge on any atom is 0.226 e. The lowest BCUT2D eigenvalue weighted by Crippen LogP contribution is -2.54. The van der Waals surface area contributed by atoms with Crippen molar-refractivity contribution in [3.05, 3.63) is 95.4 Å². The molecule has 4 aromatic rings. The number of benzene rings is 3. The molecule has 1 aromatic heterocycles. The second kappa shape index (κ2) is 10.3. The van der Waals surface area contributed by atoms with Crippen molar-refractivity contribution in [3.63, 3.8) is 0 Å². The second-order valence-electron chi connectivity index (χ2n) is 10.6. The van der Waals surface area contributed by atoms with E-state index in [9.17, 15) is 9.18 Å². The lowest BCUT2D eigenvalue weighted by atomic mass is 9.80. The Labute approximate surface area is 222 Å². The number of ether oxygens (including phenoxy) is 1. The zero-order chi connectivity index (χ0) is 26.2. The first-order valence-corrected chi connectivity index (χ1v) is 13.3. The second-order valence-corrected chi connectivity index (χ2v) is 10.6. The zero-order valence-corrected chi connectivity index (χ0v) is 21.9. The summed E-state index contributed by atoms with van der Waals surface area (Å²) in [7, 11) is 1.72. The van der Waals surface area contributed by atoms with E-state index in [1.807, 2.05) is 16.9 Å². The van der Waals surface area contributed by atoms with E-state index >= 15 is 0 Å². The minimum absolute atomic E-state index is 0.0355. The molecular weight excluding hydrogens is 479 g/mol. The van der Waals surface area contributed by atoms with Crippen LogP contribution in [0.1, 0.15) is 35.6 Å². The normalized spacial score (nSPS) is 22.0. The average molecular weight is 513 g/mol. The average Bonchev–Trinajstić information content (AvgIpc) is 3.31. The van der Waals surface area contributed by atoms with E-state index in [-0.39, 0.29) is 29.8 Å². The van der Waals surface area contributed by atoms with Gasteiger partial charge in [-0.1, -0.05) is 30.3 Å². The van der Waals surface area contributed by atoms with Gasteiger partial charge in [0.15, 0.2) is 0 Å². The van der Waals surface area contributed by atoms with Crippen LogP contribution in [0.3, 0.4) is 0 Å². The van der Waals surface area contributed by atoms with Crippen molar-refractivity contribution >= 4 is 16.8 Å². The number of amides is 1. The molecule has 196 valence electrons. The fourth-order valence-corrected chi connectivity index (χ4v) is 5.89. The third-order valence-electron chi connectivity index (χ3n) is 8.16. The molecule has 6 nitrogen and oxygen atoms in total. The molecule has 0 radical (unpaired) electrons. The topological polar surface area (TPSA) is 50.6 Å². The number of methoxy groups -OCH3 is 1. The number of halogens is 1. The van der Waals surface area contributed by atoms with Gasteiger partial charge in [-0.3, -0.25) is 9.69 Å². The van der Waals surface area contributed by atoms with Gasteiger partial charge in [0, 0.05) is 44.6 Å². The summed E-state index contributed by atoms with van der Waals surface area (Å²) < 4.78 is 20.8. The lowest BCUT2D eigenvalue weighted by Gasteiger charge is -2.45. The summed E-state index contributed by atoms with van der Waals surface area (Å²) >= 11 is 0. The van der Waals surface area contributed by atoms with E-state index in [1.54, 1.807) is 19.2 Å². The fourth-order valence-electron chi connectivity index (χ4n) is 5.89. The Morgan fingerprint density at radius 1 is 1.05 bits per heavy atom. The van der Waals surface area contributed by atoms with Gasteiger partial charge >= 0.3 is 0 Å². The quantitative estimate of drug-likeness (QED) is 0.353. The molecule has 1 saturated heterocycles. The Morgan fingerprint density at radius 3 is 2.55 bits per heavy atom. The van der Waals surface area contributed by atoms with Crippen LogP contribution in [0.5, 0.6) is 0 Å². The first-order chi connectivity index (χ1) is 18.5. The molecular formula is C31H33FN4O2. The van der Waals surface area contributed by atoms with E-state index in [4.69, 9.17) is 4.74 Å². The third kappa shape index (κ3) is 4.72. The number of aromatic nitrogens is 2. The Morgan fingerprint density at radius 2 is 1.82 bits per heavy atom. The molecule has 0 bridgehead atoms. The van der Waals surface area contributed by atoms with Crippen molar-refractivity contribution < 1.29 is 13.9 Å². The molecule has 2 fully saturated rings. The summed E-state index contributed by atoms with van der Waals surface area (Å²) in [5.74, 6) is 0.00614. The maximum atomic E-state index is 13.7. The van der Waals surface area contributed by atoms with Crippen LogP contribution in [0.15, 0.2) is 72.9 Å². The van der Waals surface area contributed by atoms with Crippen LogP contribution in [0.2, 0.25) is 0 Å². The molecule has 2 aliphatic rings. The van der Waals surface area contributed by atoms with E-state index in [1.165, 1.54) is 17.7 Å². The number of fused-ring (bicyclic) bond motifs is 1. The molecule has 0 spiro atoms. The van der Waals surface area contributed by atoms with Crippen LogP contribution in [-0.2, 0) is 16.1 Å². The number of aryl methyl sites for hydroxylation is 1. The van der Waals surface area contributed by atoms with Crippen molar-refractivity contribution in [3.8, 4) is 5.69 Å². The standard InChI is InChI=1S/C31H33FN4O2/c1-21-14-29-24(18-33-36(29)26-10-8-25(32)9-11-26)17-28(21)30-20-34(19-22-6-4-3-5-7-22)12-13-35(30)31(37)23-15-27(16-23)38-2/h3-11,14,17-18,23,27,30H,12-13,15-16,19-20H2,1-2H3/t23?,27?,30-/m1/s1. The fraction of sp³-hybridized carbons (Fsp3) is 0.355. The molecule has 3 aromatic carbocycles. The largest absolute Gasteiger partial charge is 0.381 e. The monoisotopic (exact) mass is 512 g/mol. The molecule has 0 N–H and O–H groups in total. The Hall–Kier alpha value is -3.55. The number of hydrogen-bond acceptors (Lipinski definition) is 4. The molecule has 1 saturated carbocycles. The highest BCUT2D eigenvalue weighted by molar-refractivity contribution is 5.84. The minimum Gasteiger partial charge on any atom is -0.381 e. The van der Waals surface area contributed by atoms with Gasteiger partial charge in [0.1, 0.15) is 5.82 Å². The summed E-state index contributed by atoms with van der Waals surface area (Å²) in [6, 6.07) is 21.2. The van der Waals surface area contributed by atoms with Crippen molar-refractivity contribution in [2.45, 2.75) is 38.5 Å². The van der Waals surface area contributed by atoms with Gasteiger partial charge in [-0.15, -0.1) is 0 Å². The first kappa shape index (κ1) is 24.8. The van der Waals surface area contributed by atoms with Gasteiger partial charge in [-0.05, 0) is 72.9 Å². The predicted molar refractivity (Wildman–Crippen MR) is 145 cm³/mol. The van der Waals surface area contributed by atoms with Crippen LogP contribution < -0.4 is 0 Å². The highest BCUT2D eigenvalue weighted by Gasteiger charge is 2.41. The molecule has 7 heteroatoms. The number of rotatable bonds is 6. The zero-order valence-electron chi connectivity index (χ0n) is 21.9. The summed E-state index contributed by atoms with van der Waals surface area (Å²) in [5, 5.41) is 5.61. The number of carbonyl (C=O) groups excluding carboxylic acids is 1. The van der Waals surface area contributed by atoms with Gasteiger partial charge in [-0.25, -0.2) is 9.07 Å². The van der Waals surface area contributed by atoms with Crippen LogP contribution in [0.4, 0.5) is 4.39 Å². The van der Waals surface area contributed by atoms with E-state index in [2.05, 4.69) is 58.2 Å². The summed E-state index contributed by atoms with van der Waals surface area (Å²) in [4.78, 5) is 18.2. The molecule has 1 amide bonds. The van der Waals surface area contributed by atoms with Crippen molar-refractivity contribution in [2.75, 3.05) is 26.7 Å². The van der Waals surface area contributed by atoms with E-state index < -0.39 is 0 Å². The van der Waals surface area contributed by atoms with Crippen molar-refractivity contribution in [1.29, 1.82) is 0 Å². The van der Waals surface area contributed by atoms with Crippen molar-refractivity contribution in [1.82, 2.24) is 19.6 Å². The Kier molecular flexibility index (Phi) is 6.72. The van der Waals surface area contributed by atoms with Crippen molar-refractivity contribution in [2.24, 2.45) is 5.92 Å². The van der Waals surface area contributed by atoms with Crippen LogP contribution in [-0.4, -0.2) is 58.3 Å². The number of carbonyl (C=O) groups is 1. The smallest absolute Gasteiger partial charge is 0.226 e. The highest BCUT2D eigenvalue weighted by atomic mass is 19.1. The van der Waals surface area contributed by atoms with Crippen LogP contribution in [0.25, 0.3) is 16.6 Å². The Bertz CT molecular complexity index is 1430. The SMILES string of the molecule is COC1CC(C(=O)N2CCN(Cc3ccccc3)C[C@@H]2c2cc3cnn(-c4ccc(F)cc4)c3cc2C)C1. The van der Waals surface area contributed by atoms with E-state index in [0.717, 1.165) is 60.2 Å². The Balaban J connectivity index is 1.33. The molecule has 38 heavy (non-hydrogen) atoms.